The molecular weight excluding hydrogens is 226 g/mol. The molecule has 1 aromatic heterocycles. The highest BCUT2D eigenvalue weighted by Gasteiger charge is 2.14. The van der Waals surface area contributed by atoms with Crippen molar-refractivity contribution < 1.29 is 4.74 Å². The van der Waals surface area contributed by atoms with Gasteiger partial charge >= 0.3 is 0 Å². The van der Waals surface area contributed by atoms with Crippen LogP contribution in [0, 0.1) is 11.3 Å². The molecule has 1 N–H and O–H groups in total. The standard InChI is InChI=1S/C14H19N3O/c15-11-12-5-3-8-14(17-12)16-9-2-1-6-13-7-4-10-18-13/h3,5,8,13H,1-2,4,6-7,9-10H2,(H,16,17). The summed E-state index contributed by atoms with van der Waals surface area (Å²) in [6, 6.07) is 7.49. The first-order valence-corrected chi connectivity index (χ1v) is 6.61. The van der Waals surface area contributed by atoms with E-state index in [0.29, 0.717) is 11.8 Å². The lowest BCUT2D eigenvalue weighted by Crippen LogP contribution is -2.07. The minimum absolute atomic E-state index is 0.458. The van der Waals surface area contributed by atoms with E-state index in [-0.39, 0.29) is 0 Å². The summed E-state index contributed by atoms with van der Waals surface area (Å²) in [5, 5.41) is 12.0. The quantitative estimate of drug-likeness (QED) is 0.783. The van der Waals surface area contributed by atoms with Crippen molar-refractivity contribution in [3.05, 3.63) is 23.9 Å². The zero-order valence-corrected chi connectivity index (χ0v) is 10.6. The molecule has 4 nitrogen and oxygen atoms in total. The average molecular weight is 245 g/mol. The summed E-state index contributed by atoms with van der Waals surface area (Å²) in [5.41, 5.74) is 0.458. The second kappa shape index (κ2) is 6.97. The van der Waals surface area contributed by atoms with Gasteiger partial charge in [0.2, 0.25) is 0 Å². The summed E-state index contributed by atoms with van der Waals surface area (Å²) in [6.45, 7) is 1.84. The van der Waals surface area contributed by atoms with Crippen molar-refractivity contribution in [1.82, 2.24) is 4.98 Å². The van der Waals surface area contributed by atoms with Gasteiger partial charge in [-0.3, -0.25) is 0 Å². The van der Waals surface area contributed by atoms with E-state index < -0.39 is 0 Å². The summed E-state index contributed by atoms with van der Waals surface area (Å²) in [7, 11) is 0. The predicted molar refractivity (Wildman–Crippen MR) is 70.3 cm³/mol. The highest BCUT2D eigenvalue weighted by atomic mass is 16.5. The SMILES string of the molecule is N#Cc1cccc(NCCCCC2CCCO2)n1. The Morgan fingerprint density at radius 1 is 1.44 bits per heavy atom. The van der Waals surface area contributed by atoms with Crippen LogP contribution in [0.4, 0.5) is 5.82 Å². The number of nitriles is 1. The first-order chi connectivity index (χ1) is 8.88. The zero-order chi connectivity index (χ0) is 12.6. The lowest BCUT2D eigenvalue weighted by Gasteiger charge is -2.09. The molecule has 0 aromatic carbocycles. The van der Waals surface area contributed by atoms with Crippen LogP contribution in [-0.4, -0.2) is 24.2 Å². The highest BCUT2D eigenvalue weighted by molar-refractivity contribution is 5.38. The van der Waals surface area contributed by atoms with E-state index in [9.17, 15) is 0 Å². The van der Waals surface area contributed by atoms with Crippen LogP contribution in [-0.2, 0) is 4.74 Å². The fourth-order valence-corrected chi connectivity index (χ4v) is 2.18. The number of hydrogen-bond acceptors (Lipinski definition) is 4. The molecule has 0 radical (unpaired) electrons. The Morgan fingerprint density at radius 3 is 3.17 bits per heavy atom. The minimum Gasteiger partial charge on any atom is -0.378 e. The summed E-state index contributed by atoms with van der Waals surface area (Å²) < 4.78 is 5.58. The second-order valence-electron chi connectivity index (χ2n) is 4.58. The van der Waals surface area contributed by atoms with Crippen molar-refractivity contribution in [3.8, 4) is 6.07 Å². The summed E-state index contributed by atoms with van der Waals surface area (Å²) in [5.74, 6) is 0.783. The van der Waals surface area contributed by atoms with Gasteiger partial charge in [0.05, 0.1) is 6.10 Å². The lowest BCUT2D eigenvalue weighted by atomic mass is 10.1. The third kappa shape index (κ3) is 4.01. The number of aromatic nitrogens is 1. The van der Waals surface area contributed by atoms with Crippen LogP contribution in [0.3, 0.4) is 0 Å². The highest BCUT2D eigenvalue weighted by Crippen LogP contribution is 2.17. The van der Waals surface area contributed by atoms with Gasteiger partial charge in [0.1, 0.15) is 17.6 Å². The molecule has 1 fully saturated rings. The number of nitrogens with zero attached hydrogens (tertiary/aromatic N) is 2. The molecule has 18 heavy (non-hydrogen) atoms. The van der Waals surface area contributed by atoms with Gasteiger partial charge in [-0.1, -0.05) is 6.07 Å². The van der Waals surface area contributed by atoms with Gasteiger partial charge in [-0.15, -0.1) is 0 Å². The molecule has 0 saturated carbocycles. The van der Waals surface area contributed by atoms with E-state index in [1.165, 1.54) is 19.3 Å². The van der Waals surface area contributed by atoms with E-state index in [2.05, 4.69) is 10.3 Å². The summed E-state index contributed by atoms with van der Waals surface area (Å²) in [6.07, 6.45) is 6.37. The molecule has 1 unspecified atom stereocenters. The van der Waals surface area contributed by atoms with E-state index >= 15 is 0 Å². The molecule has 0 spiro atoms. The summed E-state index contributed by atoms with van der Waals surface area (Å²) in [4.78, 5) is 4.17. The van der Waals surface area contributed by atoms with Crippen LogP contribution in [0.1, 0.15) is 37.8 Å². The first kappa shape index (κ1) is 12.8. The Bertz CT molecular complexity index is 408. The van der Waals surface area contributed by atoms with Gasteiger partial charge in [0.25, 0.3) is 0 Å². The van der Waals surface area contributed by atoms with Crippen LogP contribution >= 0.6 is 0 Å². The van der Waals surface area contributed by atoms with Crippen LogP contribution in [0.15, 0.2) is 18.2 Å². The van der Waals surface area contributed by atoms with Gasteiger partial charge < -0.3 is 10.1 Å². The van der Waals surface area contributed by atoms with Gasteiger partial charge in [-0.05, 0) is 44.2 Å². The lowest BCUT2D eigenvalue weighted by molar-refractivity contribution is 0.102. The number of rotatable bonds is 6. The minimum atomic E-state index is 0.458. The molecule has 1 atom stereocenters. The fourth-order valence-electron chi connectivity index (χ4n) is 2.18. The smallest absolute Gasteiger partial charge is 0.142 e. The largest absolute Gasteiger partial charge is 0.378 e. The molecule has 1 aliphatic heterocycles. The molecule has 4 heteroatoms. The van der Waals surface area contributed by atoms with Crippen molar-refractivity contribution in [3.63, 3.8) is 0 Å². The number of ether oxygens (including phenoxy) is 1. The fraction of sp³-hybridized carbons (Fsp3) is 0.571. The molecule has 0 amide bonds. The maximum absolute atomic E-state index is 8.74. The predicted octanol–water partition coefficient (Wildman–Crippen LogP) is 2.71. The molecule has 1 aromatic rings. The topological polar surface area (TPSA) is 57.9 Å². The molecule has 96 valence electrons. The van der Waals surface area contributed by atoms with Crippen molar-refractivity contribution in [2.45, 2.75) is 38.2 Å². The zero-order valence-electron chi connectivity index (χ0n) is 10.6. The van der Waals surface area contributed by atoms with Crippen molar-refractivity contribution in [2.75, 3.05) is 18.5 Å². The number of pyridine rings is 1. The maximum atomic E-state index is 8.74. The maximum Gasteiger partial charge on any atom is 0.142 e. The Labute approximate surface area is 108 Å². The number of unbranched alkanes of at least 4 members (excludes halogenated alkanes) is 1. The molecule has 0 bridgehead atoms. The Balaban J connectivity index is 1.61. The third-order valence-corrected chi connectivity index (χ3v) is 3.15. The Hall–Kier alpha value is -1.60. The van der Waals surface area contributed by atoms with E-state index in [1.807, 2.05) is 18.2 Å². The molecule has 1 saturated heterocycles. The summed E-state index contributed by atoms with van der Waals surface area (Å²) >= 11 is 0. The van der Waals surface area contributed by atoms with Gasteiger partial charge in [0, 0.05) is 13.2 Å². The Morgan fingerprint density at radius 2 is 2.39 bits per heavy atom. The van der Waals surface area contributed by atoms with Gasteiger partial charge in [0.15, 0.2) is 0 Å². The monoisotopic (exact) mass is 245 g/mol. The van der Waals surface area contributed by atoms with Crippen LogP contribution in [0.5, 0.6) is 0 Å². The van der Waals surface area contributed by atoms with Gasteiger partial charge in [-0.25, -0.2) is 4.98 Å². The molecular formula is C14H19N3O. The number of nitrogens with one attached hydrogen (secondary N) is 1. The Kier molecular flexibility index (Phi) is 4.98. The second-order valence-corrected chi connectivity index (χ2v) is 4.58. The molecule has 0 aliphatic carbocycles. The van der Waals surface area contributed by atoms with Crippen molar-refractivity contribution >= 4 is 5.82 Å². The van der Waals surface area contributed by atoms with Crippen molar-refractivity contribution in [1.29, 1.82) is 5.26 Å². The number of hydrogen-bond donors (Lipinski definition) is 1. The number of anilines is 1. The third-order valence-electron chi connectivity index (χ3n) is 3.15. The van der Waals surface area contributed by atoms with E-state index in [0.717, 1.165) is 31.8 Å². The average Bonchev–Trinajstić information content (AvgIpc) is 2.92. The molecule has 2 rings (SSSR count). The molecule has 2 heterocycles. The van der Waals surface area contributed by atoms with Crippen molar-refractivity contribution in [2.24, 2.45) is 0 Å². The van der Waals surface area contributed by atoms with E-state index in [1.54, 1.807) is 6.07 Å². The first-order valence-electron chi connectivity index (χ1n) is 6.61. The van der Waals surface area contributed by atoms with Gasteiger partial charge in [-0.2, -0.15) is 5.26 Å². The van der Waals surface area contributed by atoms with Crippen LogP contribution in [0.25, 0.3) is 0 Å². The molecule has 1 aliphatic rings. The normalized spacial score (nSPS) is 18.5. The van der Waals surface area contributed by atoms with Crippen LogP contribution < -0.4 is 5.32 Å². The van der Waals surface area contributed by atoms with Crippen LogP contribution in [0.2, 0.25) is 0 Å². The van der Waals surface area contributed by atoms with E-state index in [4.69, 9.17) is 10.00 Å².